The SMILES string of the molecule is N#Cc1cc2ccccc2nc1S(=O)(=O)CCCl. The van der Waals surface area contributed by atoms with Crippen molar-refractivity contribution in [3.63, 3.8) is 0 Å². The topological polar surface area (TPSA) is 70.8 Å². The van der Waals surface area contributed by atoms with Crippen LogP contribution in [0.3, 0.4) is 0 Å². The summed E-state index contributed by atoms with van der Waals surface area (Å²) in [6.07, 6.45) is 0. The quantitative estimate of drug-likeness (QED) is 0.808. The molecule has 4 nitrogen and oxygen atoms in total. The van der Waals surface area contributed by atoms with Crippen molar-refractivity contribution in [3.05, 3.63) is 35.9 Å². The molecule has 0 aliphatic heterocycles. The van der Waals surface area contributed by atoms with E-state index >= 15 is 0 Å². The zero-order chi connectivity index (χ0) is 13.2. The van der Waals surface area contributed by atoms with Crippen LogP contribution in [0.4, 0.5) is 0 Å². The molecular formula is C12H9ClN2O2S. The molecule has 2 aromatic rings. The summed E-state index contributed by atoms with van der Waals surface area (Å²) in [5.41, 5.74) is 0.600. The molecule has 0 N–H and O–H groups in total. The number of nitriles is 1. The minimum atomic E-state index is -3.61. The van der Waals surface area contributed by atoms with Gasteiger partial charge in [0.05, 0.1) is 16.8 Å². The van der Waals surface area contributed by atoms with Crippen molar-refractivity contribution >= 4 is 32.3 Å². The van der Waals surface area contributed by atoms with Crippen molar-refractivity contribution in [2.45, 2.75) is 5.03 Å². The summed E-state index contributed by atoms with van der Waals surface area (Å²) in [7, 11) is -3.61. The van der Waals surface area contributed by atoms with Gasteiger partial charge in [0.1, 0.15) is 6.07 Å². The number of rotatable bonds is 3. The number of para-hydroxylation sites is 1. The van der Waals surface area contributed by atoms with Crippen LogP contribution in [0.1, 0.15) is 5.56 Å². The van der Waals surface area contributed by atoms with E-state index in [2.05, 4.69) is 4.98 Å². The number of hydrogen-bond acceptors (Lipinski definition) is 4. The van der Waals surface area contributed by atoms with E-state index in [0.29, 0.717) is 5.52 Å². The highest BCUT2D eigenvalue weighted by molar-refractivity contribution is 7.91. The van der Waals surface area contributed by atoms with E-state index in [9.17, 15) is 8.42 Å². The molecule has 0 saturated carbocycles. The fraction of sp³-hybridized carbons (Fsp3) is 0.167. The summed E-state index contributed by atoms with van der Waals surface area (Å²) < 4.78 is 23.9. The molecule has 0 spiro atoms. The van der Waals surface area contributed by atoms with Gasteiger partial charge < -0.3 is 0 Å². The van der Waals surface area contributed by atoms with Crippen LogP contribution in [-0.4, -0.2) is 25.0 Å². The maximum atomic E-state index is 12.0. The standard InChI is InChI=1S/C12H9ClN2O2S/c13-5-6-18(16,17)12-10(8-14)7-9-3-1-2-4-11(9)15-12/h1-4,7H,5-6H2. The van der Waals surface area contributed by atoms with Crippen molar-refractivity contribution in [1.82, 2.24) is 4.98 Å². The lowest BCUT2D eigenvalue weighted by atomic mass is 10.2. The zero-order valence-electron chi connectivity index (χ0n) is 9.30. The van der Waals surface area contributed by atoms with Gasteiger partial charge in [-0.1, -0.05) is 18.2 Å². The summed E-state index contributed by atoms with van der Waals surface area (Å²) in [5.74, 6) is -0.254. The molecule has 0 bridgehead atoms. The molecule has 1 aromatic carbocycles. The van der Waals surface area contributed by atoms with E-state index in [0.717, 1.165) is 5.39 Å². The van der Waals surface area contributed by atoms with Crippen LogP contribution in [0, 0.1) is 11.3 Å². The number of halogens is 1. The smallest absolute Gasteiger partial charge is 0.198 e. The predicted octanol–water partition coefficient (Wildman–Crippen LogP) is 2.12. The Hall–Kier alpha value is -1.64. The number of nitrogens with zero attached hydrogens (tertiary/aromatic N) is 2. The first-order valence-corrected chi connectivity index (χ1v) is 7.36. The molecule has 0 saturated heterocycles. The number of sulfone groups is 1. The summed E-state index contributed by atoms with van der Waals surface area (Å²) >= 11 is 5.46. The third-order valence-electron chi connectivity index (χ3n) is 2.45. The Labute approximate surface area is 110 Å². The maximum absolute atomic E-state index is 12.0. The monoisotopic (exact) mass is 280 g/mol. The Morgan fingerprint density at radius 1 is 1.33 bits per heavy atom. The zero-order valence-corrected chi connectivity index (χ0v) is 10.9. The molecule has 2 rings (SSSR count). The number of benzene rings is 1. The van der Waals surface area contributed by atoms with Crippen molar-refractivity contribution in [2.75, 3.05) is 11.6 Å². The summed E-state index contributed by atoms with van der Waals surface area (Å²) in [4.78, 5) is 4.07. The van der Waals surface area contributed by atoms with Gasteiger partial charge in [0, 0.05) is 11.3 Å². The number of alkyl halides is 1. The number of fused-ring (bicyclic) bond motifs is 1. The Morgan fingerprint density at radius 3 is 2.72 bits per heavy atom. The van der Waals surface area contributed by atoms with Gasteiger partial charge in [-0.2, -0.15) is 5.26 Å². The number of pyridine rings is 1. The van der Waals surface area contributed by atoms with Crippen LogP contribution < -0.4 is 0 Å². The molecule has 0 radical (unpaired) electrons. The fourth-order valence-electron chi connectivity index (χ4n) is 1.61. The molecule has 0 unspecified atom stereocenters. The Morgan fingerprint density at radius 2 is 2.06 bits per heavy atom. The molecule has 92 valence electrons. The molecule has 1 aromatic heterocycles. The van der Waals surface area contributed by atoms with Gasteiger partial charge >= 0.3 is 0 Å². The first kappa shape index (κ1) is 12.8. The van der Waals surface area contributed by atoms with Crippen LogP contribution in [0.2, 0.25) is 0 Å². The Balaban J connectivity index is 2.74. The van der Waals surface area contributed by atoms with E-state index < -0.39 is 9.84 Å². The minimum Gasteiger partial charge on any atom is -0.235 e. The molecular weight excluding hydrogens is 272 g/mol. The lowest BCUT2D eigenvalue weighted by molar-refractivity contribution is 0.594. The first-order valence-electron chi connectivity index (χ1n) is 5.17. The van der Waals surface area contributed by atoms with Crippen molar-refractivity contribution in [1.29, 1.82) is 5.26 Å². The number of aromatic nitrogens is 1. The second kappa shape index (κ2) is 4.92. The van der Waals surface area contributed by atoms with Crippen molar-refractivity contribution in [3.8, 4) is 6.07 Å². The van der Waals surface area contributed by atoms with E-state index in [1.165, 1.54) is 6.07 Å². The van der Waals surface area contributed by atoms with Gasteiger partial charge in [-0.25, -0.2) is 13.4 Å². The van der Waals surface area contributed by atoms with Gasteiger partial charge in [0.15, 0.2) is 14.9 Å². The van der Waals surface area contributed by atoms with Gasteiger partial charge in [-0.15, -0.1) is 11.6 Å². The maximum Gasteiger partial charge on any atom is 0.198 e. The molecule has 0 fully saturated rings. The first-order chi connectivity index (χ1) is 8.58. The minimum absolute atomic E-state index is 0.0261. The lowest BCUT2D eigenvalue weighted by Crippen LogP contribution is -2.12. The van der Waals surface area contributed by atoms with Gasteiger partial charge in [0.25, 0.3) is 0 Å². The number of hydrogen-bond donors (Lipinski definition) is 0. The molecule has 0 atom stereocenters. The fourth-order valence-corrected chi connectivity index (χ4v) is 3.30. The molecule has 0 amide bonds. The highest BCUT2D eigenvalue weighted by Crippen LogP contribution is 2.20. The largest absolute Gasteiger partial charge is 0.235 e. The summed E-state index contributed by atoms with van der Waals surface area (Å²) in [6.45, 7) is 0. The lowest BCUT2D eigenvalue weighted by Gasteiger charge is -2.05. The van der Waals surface area contributed by atoms with Crippen molar-refractivity contribution in [2.24, 2.45) is 0 Å². The highest BCUT2D eigenvalue weighted by atomic mass is 35.5. The molecule has 18 heavy (non-hydrogen) atoms. The third kappa shape index (κ3) is 2.30. The molecule has 1 heterocycles. The second-order valence-corrected chi connectivity index (χ2v) is 6.06. The highest BCUT2D eigenvalue weighted by Gasteiger charge is 2.20. The van der Waals surface area contributed by atoms with E-state index in [-0.39, 0.29) is 22.2 Å². The van der Waals surface area contributed by atoms with Gasteiger partial charge in [-0.05, 0) is 12.1 Å². The molecule has 0 aliphatic carbocycles. The van der Waals surface area contributed by atoms with Crippen LogP contribution in [0.5, 0.6) is 0 Å². The molecule has 0 aliphatic rings. The summed E-state index contributed by atoms with van der Waals surface area (Å²) in [6, 6.07) is 10.4. The van der Waals surface area contributed by atoms with E-state index in [1.807, 2.05) is 6.07 Å². The second-order valence-electron chi connectivity index (χ2n) is 3.65. The average molecular weight is 281 g/mol. The third-order valence-corrected chi connectivity index (χ3v) is 4.50. The van der Waals surface area contributed by atoms with Gasteiger partial charge in [0.2, 0.25) is 0 Å². The van der Waals surface area contributed by atoms with E-state index in [1.54, 1.807) is 24.3 Å². The van der Waals surface area contributed by atoms with Crippen LogP contribution in [0.25, 0.3) is 10.9 Å². The van der Waals surface area contributed by atoms with Crippen LogP contribution >= 0.6 is 11.6 Å². The average Bonchev–Trinajstić information content (AvgIpc) is 2.37. The van der Waals surface area contributed by atoms with Crippen LogP contribution in [-0.2, 0) is 9.84 Å². The Kier molecular flexibility index (Phi) is 3.50. The Bertz CT molecular complexity index is 735. The van der Waals surface area contributed by atoms with E-state index in [4.69, 9.17) is 16.9 Å². The normalized spacial score (nSPS) is 11.3. The molecule has 6 heteroatoms. The van der Waals surface area contributed by atoms with Crippen molar-refractivity contribution < 1.29 is 8.42 Å². The van der Waals surface area contributed by atoms with Gasteiger partial charge in [-0.3, -0.25) is 0 Å². The predicted molar refractivity (Wildman–Crippen MR) is 69.2 cm³/mol. The summed E-state index contributed by atoms with van der Waals surface area (Å²) in [5, 5.41) is 9.57. The van der Waals surface area contributed by atoms with Crippen LogP contribution in [0.15, 0.2) is 35.4 Å².